The van der Waals surface area contributed by atoms with Crippen LogP contribution in [0.3, 0.4) is 0 Å². The van der Waals surface area contributed by atoms with Crippen molar-refractivity contribution in [2.75, 3.05) is 46.6 Å². The number of carbonyl (C=O) groups is 2. The van der Waals surface area contributed by atoms with E-state index in [0.29, 0.717) is 11.3 Å². The van der Waals surface area contributed by atoms with Gasteiger partial charge in [0.15, 0.2) is 6.10 Å². The molecule has 0 heterocycles. The molecule has 0 aliphatic rings. The minimum atomic E-state index is -5.62. The predicted molar refractivity (Wildman–Crippen MR) is 118 cm³/mol. The molecule has 0 spiro atoms. The van der Waals surface area contributed by atoms with Crippen molar-refractivity contribution in [2.24, 2.45) is 0 Å². The topological polar surface area (TPSA) is 94.5 Å². The largest absolute Gasteiger partial charge is 0.492 e. The van der Waals surface area contributed by atoms with E-state index in [0.717, 1.165) is 4.90 Å². The predicted octanol–water partition coefficient (Wildman–Crippen LogP) is 4.55. The van der Waals surface area contributed by atoms with E-state index in [9.17, 15) is 31.5 Å². The minimum Gasteiger partial charge on any atom is -0.492 e. The number of benzene rings is 1. The van der Waals surface area contributed by atoms with Gasteiger partial charge in [0.2, 0.25) is 0 Å². The average molecular weight is 529 g/mol. The fraction of sp³-hybridized carbons (Fsp3) is 0.652. The summed E-state index contributed by atoms with van der Waals surface area (Å²) >= 11 is 0. The van der Waals surface area contributed by atoms with Crippen molar-refractivity contribution in [3.05, 3.63) is 29.8 Å². The molecule has 0 saturated carbocycles. The highest BCUT2D eigenvalue weighted by molar-refractivity contribution is 5.72. The van der Waals surface area contributed by atoms with Crippen LogP contribution in [0, 0.1) is 0 Å². The molecule has 206 valence electrons. The number of rotatable bonds is 17. The van der Waals surface area contributed by atoms with Crippen molar-refractivity contribution in [3.63, 3.8) is 0 Å². The van der Waals surface area contributed by atoms with E-state index < -0.39 is 43.1 Å². The third kappa shape index (κ3) is 11.4. The van der Waals surface area contributed by atoms with Gasteiger partial charge in [0, 0.05) is 33.1 Å². The third-order valence-electron chi connectivity index (χ3n) is 4.97. The van der Waals surface area contributed by atoms with Crippen LogP contribution in [0.4, 0.5) is 26.7 Å². The second kappa shape index (κ2) is 15.4. The number of ether oxygens (including phenoxy) is 4. The lowest BCUT2D eigenvalue weighted by Gasteiger charge is -2.23. The quantitative estimate of drug-likeness (QED) is 0.234. The second-order valence-corrected chi connectivity index (χ2v) is 7.73. The summed E-state index contributed by atoms with van der Waals surface area (Å²) in [6.45, 7) is 1.92. The summed E-state index contributed by atoms with van der Waals surface area (Å²) in [6, 6.07) is 6.56. The fourth-order valence-electron chi connectivity index (χ4n) is 3.02. The van der Waals surface area contributed by atoms with Crippen LogP contribution in [0.2, 0.25) is 0 Å². The van der Waals surface area contributed by atoms with Crippen molar-refractivity contribution < 1.29 is 55.6 Å². The van der Waals surface area contributed by atoms with Crippen LogP contribution in [-0.4, -0.2) is 86.9 Å². The smallest absolute Gasteiger partial charge is 0.453 e. The van der Waals surface area contributed by atoms with Gasteiger partial charge < -0.3 is 29.0 Å². The summed E-state index contributed by atoms with van der Waals surface area (Å²) in [5.41, 5.74) is 0.710. The minimum absolute atomic E-state index is 0.00530. The first-order valence-corrected chi connectivity index (χ1v) is 11.3. The van der Waals surface area contributed by atoms with Gasteiger partial charge in [-0.1, -0.05) is 12.1 Å². The van der Waals surface area contributed by atoms with E-state index in [1.165, 1.54) is 7.11 Å². The van der Waals surface area contributed by atoms with Gasteiger partial charge in [-0.15, -0.1) is 0 Å². The lowest BCUT2D eigenvalue weighted by atomic mass is 10.1. The molecule has 0 aromatic heterocycles. The highest BCUT2D eigenvalue weighted by atomic mass is 19.4. The first kappa shape index (κ1) is 31.4. The van der Waals surface area contributed by atoms with Crippen LogP contribution in [0.5, 0.6) is 5.75 Å². The monoisotopic (exact) mass is 529 g/mol. The maximum atomic E-state index is 13.1. The molecule has 1 amide bonds. The van der Waals surface area contributed by atoms with Gasteiger partial charge >= 0.3 is 24.2 Å². The zero-order valence-electron chi connectivity index (χ0n) is 20.2. The van der Waals surface area contributed by atoms with Gasteiger partial charge in [0.25, 0.3) is 0 Å². The van der Waals surface area contributed by atoms with Crippen molar-refractivity contribution >= 4 is 12.1 Å². The molecule has 0 aliphatic carbocycles. The number of carboxylic acid groups (broad SMARTS) is 1. The zero-order chi connectivity index (χ0) is 27.2. The lowest BCUT2D eigenvalue weighted by Crippen LogP contribution is -2.38. The molecule has 0 aliphatic heterocycles. The Kier molecular flexibility index (Phi) is 13.5. The summed E-state index contributed by atoms with van der Waals surface area (Å²) < 4.78 is 83.7. The number of halogens is 5. The lowest BCUT2D eigenvalue weighted by molar-refractivity contribution is -0.284. The Labute approximate surface area is 206 Å². The van der Waals surface area contributed by atoms with Crippen LogP contribution >= 0.6 is 0 Å². The highest BCUT2D eigenvalue weighted by Crippen LogP contribution is 2.39. The molecule has 13 heteroatoms. The standard InChI is InChI=1S/C23H32F5NO7/c1-3-34-19(20(30)31)16-17-6-8-18(9-7-17)35-13-12-29(21(32)36-15-14-33-2)11-5-4-10-22(24,25)23(26,27)28/h6-9,19H,3-5,10-16H2,1-2H3,(H,30,31). The molecule has 8 nitrogen and oxygen atoms in total. The van der Waals surface area contributed by atoms with Gasteiger partial charge in [-0.05, 0) is 37.5 Å². The van der Waals surface area contributed by atoms with Crippen molar-refractivity contribution in [1.29, 1.82) is 0 Å². The first-order valence-electron chi connectivity index (χ1n) is 11.3. The summed E-state index contributed by atoms with van der Waals surface area (Å²) in [6.07, 6.45) is -9.12. The highest BCUT2D eigenvalue weighted by Gasteiger charge is 2.56. The molecule has 1 rings (SSSR count). The van der Waals surface area contributed by atoms with E-state index in [1.54, 1.807) is 31.2 Å². The van der Waals surface area contributed by atoms with E-state index >= 15 is 0 Å². The number of nitrogens with zero attached hydrogens (tertiary/aromatic N) is 1. The number of hydrogen-bond acceptors (Lipinski definition) is 6. The Morgan fingerprint density at radius 2 is 1.67 bits per heavy atom. The van der Waals surface area contributed by atoms with E-state index in [1.807, 2.05) is 0 Å². The van der Waals surface area contributed by atoms with Crippen LogP contribution in [0.25, 0.3) is 0 Å². The second-order valence-electron chi connectivity index (χ2n) is 7.73. The van der Waals surface area contributed by atoms with Crippen LogP contribution in [0.15, 0.2) is 24.3 Å². The van der Waals surface area contributed by atoms with Crippen molar-refractivity contribution in [2.45, 2.75) is 50.8 Å². The number of hydrogen-bond donors (Lipinski definition) is 1. The molecule has 1 N–H and O–H groups in total. The molecule has 0 fully saturated rings. The summed E-state index contributed by atoms with van der Waals surface area (Å²) in [5.74, 6) is -5.43. The van der Waals surface area contributed by atoms with Crippen molar-refractivity contribution in [1.82, 2.24) is 4.90 Å². The number of alkyl halides is 5. The Morgan fingerprint density at radius 3 is 2.22 bits per heavy atom. The zero-order valence-corrected chi connectivity index (χ0v) is 20.2. The summed E-state index contributed by atoms with van der Waals surface area (Å²) in [7, 11) is 1.41. The normalized spacial score (nSPS) is 12.8. The Balaban J connectivity index is 2.61. The molecule has 1 aromatic rings. The number of carboxylic acids is 1. The van der Waals surface area contributed by atoms with Crippen LogP contribution < -0.4 is 4.74 Å². The van der Waals surface area contributed by atoms with Gasteiger partial charge in [0.05, 0.1) is 13.2 Å². The third-order valence-corrected chi connectivity index (χ3v) is 4.97. The maximum absolute atomic E-state index is 13.1. The molecular formula is C23H32F5NO7. The summed E-state index contributed by atoms with van der Waals surface area (Å²) in [4.78, 5) is 24.6. The number of unbranched alkanes of at least 4 members (excludes halogenated alkanes) is 1. The van der Waals surface area contributed by atoms with Gasteiger partial charge in [-0.25, -0.2) is 9.59 Å². The molecular weight excluding hydrogens is 497 g/mol. The van der Waals surface area contributed by atoms with E-state index in [-0.39, 0.29) is 52.4 Å². The SMILES string of the molecule is CCOC(Cc1ccc(OCCN(CCCCC(F)(F)C(F)(F)F)C(=O)OCCOC)cc1)C(=O)O. The summed E-state index contributed by atoms with van der Waals surface area (Å²) in [5, 5.41) is 9.17. The van der Waals surface area contributed by atoms with Gasteiger partial charge in [-0.2, -0.15) is 22.0 Å². The van der Waals surface area contributed by atoms with Gasteiger partial charge in [0.1, 0.15) is 19.0 Å². The molecule has 0 saturated heterocycles. The fourth-order valence-corrected chi connectivity index (χ4v) is 3.02. The van der Waals surface area contributed by atoms with E-state index in [2.05, 4.69) is 0 Å². The number of methoxy groups -OCH3 is 1. The van der Waals surface area contributed by atoms with Crippen LogP contribution in [0.1, 0.15) is 31.7 Å². The number of amides is 1. The Morgan fingerprint density at radius 1 is 1.00 bits per heavy atom. The number of aliphatic carboxylic acids is 1. The Hall–Kier alpha value is -2.67. The molecule has 0 bridgehead atoms. The maximum Gasteiger partial charge on any atom is 0.453 e. The van der Waals surface area contributed by atoms with E-state index in [4.69, 9.17) is 24.1 Å². The Bertz CT molecular complexity index is 790. The molecule has 1 atom stereocenters. The number of carbonyl (C=O) groups excluding carboxylic acids is 1. The van der Waals surface area contributed by atoms with Crippen LogP contribution in [-0.2, 0) is 25.4 Å². The molecule has 1 aromatic carbocycles. The first-order chi connectivity index (χ1) is 16.9. The molecule has 1 unspecified atom stereocenters. The molecule has 0 radical (unpaired) electrons. The van der Waals surface area contributed by atoms with Crippen molar-refractivity contribution in [3.8, 4) is 5.75 Å². The average Bonchev–Trinajstić information content (AvgIpc) is 2.80. The van der Waals surface area contributed by atoms with Gasteiger partial charge in [-0.3, -0.25) is 0 Å². The molecule has 36 heavy (non-hydrogen) atoms.